The van der Waals surface area contributed by atoms with Gasteiger partial charge >= 0.3 is 0 Å². The number of ether oxygens (including phenoxy) is 2. The van der Waals surface area contributed by atoms with Crippen LogP contribution in [0.3, 0.4) is 0 Å². The lowest BCUT2D eigenvalue weighted by Crippen LogP contribution is -2.08. The number of carbonyl (C=O) groups excluding carboxylic acids is 1. The molecule has 0 saturated carbocycles. The van der Waals surface area contributed by atoms with Crippen LogP contribution in [0.25, 0.3) is 0 Å². The molecule has 0 aliphatic carbocycles. The average molecular weight is 269 g/mol. The summed E-state index contributed by atoms with van der Waals surface area (Å²) in [5.74, 6) is -0.0945. The number of anilines is 1. The average Bonchev–Trinajstić information content (AvgIpc) is 3.02. The van der Waals surface area contributed by atoms with E-state index in [1.165, 1.54) is 0 Å². The molecule has 2 aromatic rings. The minimum atomic E-state index is -0.405. The summed E-state index contributed by atoms with van der Waals surface area (Å²) in [6, 6.07) is 14.4. The second kappa shape index (κ2) is 5.45. The molecule has 20 heavy (non-hydrogen) atoms. The lowest BCUT2D eigenvalue weighted by atomic mass is 9.99. The van der Waals surface area contributed by atoms with Crippen molar-refractivity contribution in [3.05, 3.63) is 65.2 Å². The molecule has 1 aliphatic heterocycles. The fourth-order valence-electron chi connectivity index (χ4n) is 2.21. The van der Waals surface area contributed by atoms with Gasteiger partial charge in [0, 0.05) is 22.4 Å². The minimum Gasteiger partial charge on any atom is -0.398 e. The molecule has 2 N–H and O–H groups in total. The molecule has 102 valence electrons. The van der Waals surface area contributed by atoms with Crippen LogP contribution in [0, 0.1) is 0 Å². The largest absolute Gasteiger partial charge is 0.398 e. The maximum atomic E-state index is 12.5. The molecule has 1 saturated heterocycles. The van der Waals surface area contributed by atoms with Crippen molar-refractivity contribution in [2.24, 2.45) is 0 Å². The number of benzene rings is 2. The third-order valence-electron chi connectivity index (χ3n) is 3.25. The van der Waals surface area contributed by atoms with Gasteiger partial charge in [-0.2, -0.15) is 0 Å². The summed E-state index contributed by atoms with van der Waals surface area (Å²) in [6.45, 7) is 1.13. The van der Waals surface area contributed by atoms with Crippen molar-refractivity contribution in [1.82, 2.24) is 0 Å². The topological polar surface area (TPSA) is 61.6 Å². The number of ketones is 1. The van der Waals surface area contributed by atoms with Gasteiger partial charge in [0.2, 0.25) is 0 Å². The molecule has 0 bridgehead atoms. The Morgan fingerprint density at radius 2 is 1.75 bits per heavy atom. The van der Waals surface area contributed by atoms with Gasteiger partial charge in [0.05, 0.1) is 13.2 Å². The Kier molecular flexibility index (Phi) is 3.50. The van der Waals surface area contributed by atoms with Gasteiger partial charge in [-0.15, -0.1) is 0 Å². The molecule has 0 atom stereocenters. The van der Waals surface area contributed by atoms with Crippen molar-refractivity contribution in [3.8, 4) is 0 Å². The van der Waals surface area contributed by atoms with E-state index < -0.39 is 6.29 Å². The van der Waals surface area contributed by atoms with Gasteiger partial charge in [0.15, 0.2) is 12.1 Å². The van der Waals surface area contributed by atoms with Gasteiger partial charge in [-0.05, 0) is 12.1 Å². The van der Waals surface area contributed by atoms with Crippen LogP contribution in [-0.2, 0) is 9.47 Å². The van der Waals surface area contributed by atoms with Gasteiger partial charge in [0.25, 0.3) is 0 Å². The Morgan fingerprint density at radius 1 is 1.05 bits per heavy atom. The number of rotatable bonds is 3. The number of carbonyl (C=O) groups is 1. The zero-order valence-corrected chi connectivity index (χ0v) is 10.9. The van der Waals surface area contributed by atoms with Gasteiger partial charge < -0.3 is 15.2 Å². The second-order valence-corrected chi connectivity index (χ2v) is 4.62. The first kappa shape index (κ1) is 12.8. The van der Waals surface area contributed by atoms with E-state index in [1.54, 1.807) is 24.3 Å². The summed E-state index contributed by atoms with van der Waals surface area (Å²) in [6.07, 6.45) is -0.405. The monoisotopic (exact) mass is 269 g/mol. The molecule has 0 radical (unpaired) electrons. The Hall–Kier alpha value is -2.17. The van der Waals surface area contributed by atoms with Crippen LogP contribution in [0.4, 0.5) is 5.69 Å². The quantitative estimate of drug-likeness (QED) is 0.687. The van der Waals surface area contributed by atoms with E-state index in [2.05, 4.69) is 0 Å². The highest BCUT2D eigenvalue weighted by molar-refractivity contribution is 6.12. The molecule has 0 unspecified atom stereocenters. The van der Waals surface area contributed by atoms with Gasteiger partial charge in [0.1, 0.15) is 0 Å². The highest BCUT2D eigenvalue weighted by Gasteiger charge is 2.21. The van der Waals surface area contributed by atoms with Crippen molar-refractivity contribution < 1.29 is 14.3 Å². The van der Waals surface area contributed by atoms with E-state index in [1.807, 2.05) is 24.3 Å². The molecule has 1 heterocycles. The first-order chi connectivity index (χ1) is 9.75. The van der Waals surface area contributed by atoms with Crippen LogP contribution in [-0.4, -0.2) is 19.0 Å². The minimum absolute atomic E-state index is 0.0945. The van der Waals surface area contributed by atoms with Gasteiger partial charge in [-0.1, -0.05) is 36.4 Å². The van der Waals surface area contributed by atoms with Crippen LogP contribution in [0.2, 0.25) is 0 Å². The highest BCUT2D eigenvalue weighted by Crippen LogP contribution is 2.27. The predicted octanol–water partition coefficient (Wildman–Crippen LogP) is 2.55. The SMILES string of the molecule is Nc1ccc(C2OCCO2)cc1C(=O)c1ccccc1. The van der Waals surface area contributed by atoms with Crippen LogP contribution in [0.5, 0.6) is 0 Å². The molecule has 4 heteroatoms. The summed E-state index contributed by atoms with van der Waals surface area (Å²) in [4.78, 5) is 12.5. The van der Waals surface area contributed by atoms with Crippen LogP contribution in [0.15, 0.2) is 48.5 Å². The number of hydrogen-bond acceptors (Lipinski definition) is 4. The molecule has 0 aromatic heterocycles. The molecule has 1 fully saturated rings. The molecule has 2 aromatic carbocycles. The van der Waals surface area contributed by atoms with Crippen LogP contribution in [0.1, 0.15) is 27.8 Å². The van der Waals surface area contributed by atoms with Crippen molar-refractivity contribution >= 4 is 11.5 Å². The Morgan fingerprint density at radius 3 is 2.45 bits per heavy atom. The van der Waals surface area contributed by atoms with Gasteiger partial charge in [-0.3, -0.25) is 4.79 Å². The Bertz CT molecular complexity index is 619. The van der Waals surface area contributed by atoms with E-state index in [0.717, 1.165) is 5.56 Å². The standard InChI is InChI=1S/C16H15NO3/c17-14-7-6-12(16-19-8-9-20-16)10-13(14)15(18)11-4-2-1-3-5-11/h1-7,10,16H,8-9,17H2. The van der Waals surface area contributed by atoms with E-state index >= 15 is 0 Å². The third kappa shape index (κ3) is 2.43. The fourth-order valence-corrected chi connectivity index (χ4v) is 2.21. The van der Waals surface area contributed by atoms with E-state index in [4.69, 9.17) is 15.2 Å². The Labute approximate surface area is 117 Å². The molecular formula is C16H15NO3. The van der Waals surface area contributed by atoms with Crippen LogP contribution >= 0.6 is 0 Å². The van der Waals surface area contributed by atoms with E-state index in [9.17, 15) is 4.79 Å². The first-order valence-corrected chi connectivity index (χ1v) is 6.48. The zero-order valence-electron chi connectivity index (χ0n) is 10.9. The number of nitrogen functional groups attached to an aromatic ring is 1. The summed E-state index contributed by atoms with van der Waals surface area (Å²) < 4.78 is 10.9. The Balaban J connectivity index is 1.96. The zero-order chi connectivity index (χ0) is 13.9. The normalized spacial score (nSPS) is 15.4. The van der Waals surface area contributed by atoms with Gasteiger partial charge in [-0.25, -0.2) is 0 Å². The number of nitrogens with two attached hydrogens (primary N) is 1. The lowest BCUT2D eigenvalue weighted by Gasteiger charge is -2.12. The van der Waals surface area contributed by atoms with E-state index in [0.29, 0.717) is 30.0 Å². The summed E-state index contributed by atoms with van der Waals surface area (Å²) in [7, 11) is 0. The van der Waals surface area contributed by atoms with Crippen molar-refractivity contribution in [2.45, 2.75) is 6.29 Å². The molecule has 0 amide bonds. The maximum Gasteiger partial charge on any atom is 0.195 e. The number of hydrogen-bond donors (Lipinski definition) is 1. The van der Waals surface area contributed by atoms with Crippen molar-refractivity contribution in [2.75, 3.05) is 18.9 Å². The van der Waals surface area contributed by atoms with Crippen LogP contribution < -0.4 is 5.73 Å². The van der Waals surface area contributed by atoms with E-state index in [-0.39, 0.29) is 5.78 Å². The molecule has 4 nitrogen and oxygen atoms in total. The highest BCUT2D eigenvalue weighted by atomic mass is 16.7. The second-order valence-electron chi connectivity index (χ2n) is 4.62. The molecular weight excluding hydrogens is 254 g/mol. The lowest BCUT2D eigenvalue weighted by molar-refractivity contribution is -0.0441. The smallest absolute Gasteiger partial charge is 0.195 e. The third-order valence-corrected chi connectivity index (χ3v) is 3.25. The van der Waals surface area contributed by atoms with Crippen molar-refractivity contribution in [3.63, 3.8) is 0 Å². The molecule has 0 spiro atoms. The fraction of sp³-hybridized carbons (Fsp3) is 0.188. The summed E-state index contributed by atoms with van der Waals surface area (Å²) in [5, 5.41) is 0. The van der Waals surface area contributed by atoms with Crippen molar-refractivity contribution in [1.29, 1.82) is 0 Å². The maximum absolute atomic E-state index is 12.5. The molecule has 3 rings (SSSR count). The predicted molar refractivity (Wildman–Crippen MR) is 75.4 cm³/mol. The molecule has 1 aliphatic rings. The summed E-state index contributed by atoms with van der Waals surface area (Å²) >= 11 is 0. The summed E-state index contributed by atoms with van der Waals surface area (Å²) in [5.41, 5.74) is 8.29. The first-order valence-electron chi connectivity index (χ1n) is 6.48.